The number of benzene rings is 2. The zero-order valence-electron chi connectivity index (χ0n) is 16.5. The summed E-state index contributed by atoms with van der Waals surface area (Å²) < 4.78 is 13.6. The second kappa shape index (κ2) is 8.14. The first-order valence-electron chi connectivity index (χ1n) is 9.76. The predicted molar refractivity (Wildman–Crippen MR) is 115 cm³/mol. The standard InChI is InChI=1S/C23H21Cl2FN2O2/c1-27-8-6-23(7-9-27,16-2-4-19(26)5-3-16)20-13-21(29)28(22(20)30)14-15-10-17(24)12-18(25)11-15/h2-5,10-13H,6-9,14H2,1H3. The van der Waals surface area contributed by atoms with Crippen molar-refractivity contribution < 1.29 is 14.0 Å². The topological polar surface area (TPSA) is 40.6 Å². The third-order valence-electron chi connectivity index (χ3n) is 6.03. The van der Waals surface area contributed by atoms with E-state index in [1.54, 1.807) is 30.3 Å². The van der Waals surface area contributed by atoms with Gasteiger partial charge in [-0.05, 0) is 74.4 Å². The Hall–Kier alpha value is -2.21. The van der Waals surface area contributed by atoms with Crippen LogP contribution in [0.25, 0.3) is 0 Å². The molecular weight excluding hydrogens is 426 g/mol. The van der Waals surface area contributed by atoms with E-state index in [1.807, 2.05) is 7.05 Å². The maximum Gasteiger partial charge on any atom is 0.258 e. The summed E-state index contributed by atoms with van der Waals surface area (Å²) in [6.07, 6.45) is 2.80. The Labute approximate surface area is 184 Å². The molecule has 4 rings (SSSR count). The van der Waals surface area contributed by atoms with Crippen LogP contribution < -0.4 is 0 Å². The van der Waals surface area contributed by atoms with Gasteiger partial charge in [-0.3, -0.25) is 14.5 Å². The molecule has 30 heavy (non-hydrogen) atoms. The van der Waals surface area contributed by atoms with E-state index < -0.39 is 5.41 Å². The first-order valence-corrected chi connectivity index (χ1v) is 10.5. The Morgan fingerprint density at radius 3 is 2.20 bits per heavy atom. The second-order valence-electron chi connectivity index (χ2n) is 7.96. The number of imide groups is 1. The van der Waals surface area contributed by atoms with Gasteiger partial charge in [-0.1, -0.05) is 35.3 Å². The van der Waals surface area contributed by atoms with Gasteiger partial charge in [0.2, 0.25) is 0 Å². The molecule has 2 aromatic rings. The molecule has 156 valence electrons. The Morgan fingerprint density at radius 2 is 1.60 bits per heavy atom. The summed E-state index contributed by atoms with van der Waals surface area (Å²) in [5.74, 6) is -0.999. The minimum Gasteiger partial charge on any atom is -0.306 e. The fraction of sp³-hybridized carbons (Fsp3) is 0.304. The third-order valence-corrected chi connectivity index (χ3v) is 6.46. The summed E-state index contributed by atoms with van der Waals surface area (Å²) in [7, 11) is 2.03. The minimum absolute atomic E-state index is 0.0946. The average molecular weight is 447 g/mol. The summed E-state index contributed by atoms with van der Waals surface area (Å²) >= 11 is 12.1. The summed E-state index contributed by atoms with van der Waals surface area (Å²) in [6.45, 7) is 1.65. The van der Waals surface area contributed by atoms with E-state index in [4.69, 9.17) is 23.2 Å². The van der Waals surface area contributed by atoms with Crippen molar-refractivity contribution in [3.63, 3.8) is 0 Å². The van der Waals surface area contributed by atoms with Gasteiger partial charge < -0.3 is 4.90 Å². The van der Waals surface area contributed by atoms with E-state index in [0.717, 1.165) is 18.7 Å². The highest BCUT2D eigenvalue weighted by atomic mass is 35.5. The van der Waals surface area contributed by atoms with Gasteiger partial charge in [-0.2, -0.15) is 0 Å². The van der Waals surface area contributed by atoms with Gasteiger partial charge in [-0.25, -0.2) is 4.39 Å². The molecule has 0 spiro atoms. The summed E-state index contributed by atoms with van der Waals surface area (Å²) in [6, 6.07) is 11.2. The quantitative estimate of drug-likeness (QED) is 0.644. The zero-order valence-corrected chi connectivity index (χ0v) is 18.0. The number of hydrogen-bond donors (Lipinski definition) is 0. The SMILES string of the molecule is CN1CCC(C2=CC(=O)N(Cc3cc(Cl)cc(Cl)c3)C2=O)(c2ccc(F)cc2)CC1. The van der Waals surface area contributed by atoms with Gasteiger partial charge in [0.1, 0.15) is 5.82 Å². The van der Waals surface area contributed by atoms with Crippen LogP contribution in [0, 0.1) is 5.82 Å². The summed E-state index contributed by atoms with van der Waals surface area (Å²) in [5.41, 5.74) is 1.40. The summed E-state index contributed by atoms with van der Waals surface area (Å²) in [4.78, 5) is 29.6. The van der Waals surface area contributed by atoms with Crippen molar-refractivity contribution in [3.05, 3.63) is 81.1 Å². The lowest BCUT2D eigenvalue weighted by Crippen LogP contribution is -2.44. The normalized spacial score (nSPS) is 19.3. The van der Waals surface area contributed by atoms with Crippen molar-refractivity contribution in [2.24, 2.45) is 0 Å². The molecule has 2 aliphatic heterocycles. The highest BCUT2D eigenvalue weighted by Crippen LogP contribution is 2.44. The largest absolute Gasteiger partial charge is 0.306 e. The fourth-order valence-corrected chi connectivity index (χ4v) is 4.94. The first kappa shape index (κ1) is 21.0. The Bertz CT molecular complexity index is 1010. The third kappa shape index (κ3) is 3.89. The van der Waals surface area contributed by atoms with Crippen molar-refractivity contribution in [1.82, 2.24) is 9.80 Å². The smallest absolute Gasteiger partial charge is 0.258 e. The Kier molecular flexibility index (Phi) is 5.71. The number of hydrogen-bond acceptors (Lipinski definition) is 3. The average Bonchev–Trinajstić information content (AvgIpc) is 2.97. The number of carbonyl (C=O) groups is 2. The van der Waals surface area contributed by atoms with Crippen LogP contribution in [0.15, 0.2) is 54.1 Å². The van der Waals surface area contributed by atoms with Gasteiger partial charge in [0, 0.05) is 27.1 Å². The van der Waals surface area contributed by atoms with E-state index in [1.165, 1.54) is 23.1 Å². The molecule has 0 unspecified atom stereocenters. The highest BCUT2D eigenvalue weighted by molar-refractivity contribution is 6.34. The van der Waals surface area contributed by atoms with E-state index in [-0.39, 0.29) is 24.2 Å². The maximum atomic E-state index is 13.6. The molecule has 2 aromatic carbocycles. The van der Waals surface area contributed by atoms with Gasteiger partial charge in [0.15, 0.2) is 0 Å². The lowest BCUT2D eigenvalue weighted by molar-refractivity contribution is -0.138. The molecular formula is C23H21Cl2FN2O2. The molecule has 0 bridgehead atoms. The van der Waals surface area contributed by atoms with Crippen molar-refractivity contribution in [1.29, 1.82) is 0 Å². The van der Waals surface area contributed by atoms with Crippen LogP contribution in [0.3, 0.4) is 0 Å². The van der Waals surface area contributed by atoms with E-state index >= 15 is 0 Å². The molecule has 7 heteroatoms. The van der Waals surface area contributed by atoms with Crippen molar-refractivity contribution in [2.45, 2.75) is 24.8 Å². The van der Waals surface area contributed by atoms with Crippen molar-refractivity contribution in [2.75, 3.05) is 20.1 Å². The second-order valence-corrected chi connectivity index (χ2v) is 8.83. The number of halogens is 3. The van der Waals surface area contributed by atoms with Crippen LogP contribution in [0.5, 0.6) is 0 Å². The number of amides is 2. The number of rotatable bonds is 4. The molecule has 1 saturated heterocycles. The highest BCUT2D eigenvalue weighted by Gasteiger charge is 2.47. The first-order chi connectivity index (χ1) is 14.3. The van der Waals surface area contributed by atoms with Gasteiger partial charge in [-0.15, -0.1) is 0 Å². The maximum absolute atomic E-state index is 13.6. The lowest BCUT2D eigenvalue weighted by Gasteiger charge is -2.41. The Balaban J connectivity index is 1.68. The molecule has 0 radical (unpaired) electrons. The van der Waals surface area contributed by atoms with Gasteiger partial charge in [0.05, 0.1) is 6.54 Å². The Morgan fingerprint density at radius 1 is 1.00 bits per heavy atom. The minimum atomic E-state index is -0.617. The number of likely N-dealkylation sites (tertiary alicyclic amines) is 1. The van der Waals surface area contributed by atoms with Crippen LogP contribution in [-0.2, 0) is 21.5 Å². The molecule has 2 amide bonds. The van der Waals surface area contributed by atoms with E-state index in [0.29, 0.717) is 34.0 Å². The van der Waals surface area contributed by atoms with Crippen LogP contribution in [-0.4, -0.2) is 41.8 Å². The molecule has 0 aromatic heterocycles. The number of nitrogens with zero attached hydrogens (tertiary/aromatic N) is 2. The monoisotopic (exact) mass is 446 g/mol. The van der Waals surface area contributed by atoms with Crippen molar-refractivity contribution in [3.8, 4) is 0 Å². The molecule has 0 N–H and O–H groups in total. The van der Waals surface area contributed by atoms with E-state index in [2.05, 4.69) is 4.90 Å². The molecule has 2 aliphatic rings. The van der Waals surface area contributed by atoms with Crippen LogP contribution >= 0.6 is 23.2 Å². The molecule has 1 fully saturated rings. The predicted octanol–water partition coefficient (Wildman–Crippen LogP) is 4.59. The zero-order chi connectivity index (χ0) is 21.5. The van der Waals surface area contributed by atoms with Gasteiger partial charge >= 0.3 is 0 Å². The van der Waals surface area contributed by atoms with Crippen LogP contribution in [0.2, 0.25) is 10.0 Å². The number of piperidine rings is 1. The molecule has 0 aliphatic carbocycles. The van der Waals surface area contributed by atoms with Gasteiger partial charge in [0.25, 0.3) is 11.8 Å². The molecule has 4 nitrogen and oxygen atoms in total. The lowest BCUT2D eigenvalue weighted by atomic mass is 9.67. The fourth-order valence-electron chi connectivity index (χ4n) is 4.37. The number of carbonyl (C=O) groups excluding carboxylic acids is 2. The van der Waals surface area contributed by atoms with Crippen molar-refractivity contribution >= 4 is 35.0 Å². The van der Waals surface area contributed by atoms with Crippen LogP contribution in [0.4, 0.5) is 4.39 Å². The summed E-state index contributed by atoms with van der Waals surface area (Å²) in [5, 5.41) is 0.894. The molecule has 2 heterocycles. The molecule has 0 saturated carbocycles. The van der Waals surface area contributed by atoms with E-state index in [9.17, 15) is 14.0 Å². The molecule has 0 atom stereocenters. The van der Waals surface area contributed by atoms with Crippen LogP contribution in [0.1, 0.15) is 24.0 Å².